The van der Waals surface area contributed by atoms with E-state index in [1.165, 1.54) is 6.07 Å². The fourth-order valence-electron chi connectivity index (χ4n) is 3.71. The van der Waals surface area contributed by atoms with E-state index >= 15 is 0 Å². The zero-order valence-electron chi connectivity index (χ0n) is 20.6. The summed E-state index contributed by atoms with van der Waals surface area (Å²) >= 11 is 3.36. The van der Waals surface area contributed by atoms with E-state index in [1.807, 2.05) is 13.0 Å². The molecule has 0 atom stereocenters. The third kappa shape index (κ3) is 5.22. The molecular weight excluding hydrogens is 527 g/mol. The molecule has 0 radical (unpaired) electrons. The second-order valence-electron chi connectivity index (χ2n) is 9.16. The Hall–Kier alpha value is -3.43. The third-order valence-corrected chi connectivity index (χ3v) is 6.40. The average molecular weight is 553 g/mol. The van der Waals surface area contributed by atoms with Gasteiger partial charge < -0.3 is 9.84 Å². The monoisotopic (exact) mass is 552 g/mol. The lowest BCUT2D eigenvalue weighted by Crippen LogP contribution is -2.23. The summed E-state index contributed by atoms with van der Waals surface area (Å²) < 4.78 is 21.7. The molecule has 7 nitrogen and oxygen atoms in total. The standard InChI is InChI=1S/C27H26BrFN4O3/c1-15-9-18(29)21(30-12-15)14-36-23-10-17(3)33(26(34)25(23)28)22-11-20(31-13-16(22)2)19-7-6-8-24(32-19)27(4,5)35/h6-13,35H,14H2,1-5H3. The molecule has 4 aromatic heterocycles. The fraction of sp³-hybridized carbons (Fsp3) is 0.259. The van der Waals surface area contributed by atoms with E-state index in [4.69, 9.17) is 4.74 Å². The van der Waals surface area contributed by atoms with Gasteiger partial charge in [0.1, 0.15) is 33.9 Å². The van der Waals surface area contributed by atoms with Crippen molar-refractivity contribution in [2.45, 2.75) is 46.8 Å². The van der Waals surface area contributed by atoms with E-state index in [-0.39, 0.29) is 22.3 Å². The van der Waals surface area contributed by atoms with E-state index in [2.05, 4.69) is 30.9 Å². The number of aromatic nitrogens is 4. The zero-order valence-corrected chi connectivity index (χ0v) is 22.2. The third-order valence-electron chi connectivity index (χ3n) is 5.67. The van der Waals surface area contributed by atoms with Crippen LogP contribution in [0, 0.1) is 26.6 Å². The Labute approximate surface area is 216 Å². The van der Waals surface area contributed by atoms with Gasteiger partial charge in [-0.1, -0.05) is 6.07 Å². The number of pyridine rings is 4. The van der Waals surface area contributed by atoms with E-state index < -0.39 is 11.4 Å². The van der Waals surface area contributed by atoms with Crippen molar-refractivity contribution >= 4 is 15.9 Å². The van der Waals surface area contributed by atoms with Gasteiger partial charge in [-0.15, -0.1) is 0 Å². The van der Waals surface area contributed by atoms with Crippen LogP contribution in [0.2, 0.25) is 0 Å². The van der Waals surface area contributed by atoms with Crippen molar-refractivity contribution < 1.29 is 14.2 Å². The summed E-state index contributed by atoms with van der Waals surface area (Å²) in [6.07, 6.45) is 3.25. The molecule has 0 unspecified atom stereocenters. The van der Waals surface area contributed by atoms with Crippen molar-refractivity contribution in [3.8, 4) is 22.8 Å². The number of rotatable bonds is 6. The second kappa shape index (κ2) is 9.91. The maximum atomic E-state index is 14.2. The molecule has 4 heterocycles. The molecule has 4 aromatic rings. The van der Waals surface area contributed by atoms with Crippen LogP contribution in [0.4, 0.5) is 4.39 Å². The largest absolute Gasteiger partial charge is 0.486 e. The van der Waals surface area contributed by atoms with Gasteiger partial charge in [0.2, 0.25) is 0 Å². The van der Waals surface area contributed by atoms with Crippen molar-refractivity contribution in [3.05, 3.63) is 97.6 Å². The molecule has 0 aliphatic rings. The first-order valence-electron chi connectivity index (χ1n) is 11.3. The Morgan fingerprint density at radius 1 is 1.08 bits per heavy atom. The first-order chi connectivity index (χ1) is 17.0. The van der Waals surface area contributed by atoms with Crippen molar-refractivity contribution in [1.29, 1.82) is 0 Å². The summed E-state index contributed by atoms with van der Waals surface area (Å²) in [5.41, 5.74) is 3.13. The van der Waals surface area contributed by atoms with E-state index in [1.54, 1.807) is 68.9 Å². The molecule has 0 fully saturated rings. The van der Waals surface area contributed by atoms with Crippen LogP contribution in [-0.4, -0.2) is 24.6 Å². The second-order valence-corrected chi connectivity index (χ2v) is 9.95. The van der Waals surface area contributed by atoms with Gasteiger partial charge in [0, 0.05) is 24.2 Å². The van der Waals surface area contributed by atoms with Crippen molar-refractivity contribution in [2.75, 3.05) is 0 Å². The Morgan fingerprint density at radius 3 is 2.53 bits per heavy atom. The molecule has 0 saturated heterocycles. The van der Waals surface area contributed by atoms with Gasteiger partial charge in [-0.25, -0.2) is 9.37 Å². The minimum Gasteiger partial charge on any atom is -0.486 e. The van der Waals surface area contributed by atoms with Gasteiger partial charge in [0.15, 0.2) is 0 Å². The van der Waals surface area contributed by atoms with Crippen LogP contribution in [0.25, 0.3) is 17.1 Å². The lowest BCUT2D eigenvalue weighted by atomic mass is 10.0. The molecule has 9 heteroatoms. The fourth-order valence-corrected chi connectivity index (χ4v) is 4.12. The minimum atomic E-state index is -1.10. The molecule has 1 N–H and O–H groups in total. The number of ether oxygens (including phenoxy) is 1. The molecule has 0 saturated carbocycles. The zero-order chi connectivity index (χ0) is 26.2. The maximum Gasteiger partial charge on any atom is 0.273 e. The number of halogens is 2. The topological polar surface area (TPSA) is 90.1 Å². The molecule has 0 amide bonds. The number of aryl methyl sites for hydroxylation is 3. The highest BCUT2D eigenvalue weighted by molar-refractivity contribution is 9.10. The van der Waals surface area contributed by atoms with Crippen LogP contribution >= 0.6 is 15.9 Å². The Balaban J connectivity index is 1.72. The van der Waals surface area contributed by atoms with Gasteiger partial charge in [-0.2, -0.15) is 0 Å². The Morgan fingerprint density at radius 2 is 1.83 bits per heavy atom. The Kier molecular flexibility index (Phi) is 7.06. The van der Waals surface area contributed by atoms with Crippen LogP contribution in [0.3, 0.4) is 0 Å². The molecule has 0 aliphatic carbocycles. The number of aliphatic hydroxyl groups is 1. The molecule has 36 heavy (non-hydrogen) atoms. The van der Waals surface area contributed by atoms with Crippen LogP contribution < -0.4 is 10.3 Å². The lowest BCUT2D eigenvalue weighted by molar-refractivity contribution is 0.0740. The molecular formula is C27H26BrFN4O3. The van der Waals surface area contributed by atoms with Gasteiger partial charge in [0.05, 0.1) is 22.8 Å². The van der Waals surface area contributed by atoms with Crippen LogP contribution in [0.1, 0.15) is 42.1 Å². The highest BCUT2D eigenvalue weighted by atomic mass is 79.9. The molecule has 186 valence electrons. The highest BCUT2D eigenvalue weighted by Crippen LogP contribution is 2.28. The van der Waals surface area contributed by atoms with Gasteiger partial charge in [-0.05, 0) is 85.9 Å². The normalized spacial score (nSPS) is 11.6. The summed E-state index contributed by atoms with van der Waals surface area (Å²) in [4.78, 5) is 26.5. The Bertz CT molecular complexity index is 1510. The predicted octanol–water partition coefficient (Wildman–Crippen LogP) is 5.32. The molecule has 4 rings (SSSR count). The first kappa shape index (κ1) is 25.7. The first-order valence-corrected chi connectivity index (χ1v) is 12.1. The van der Waals surface area contributed by atoms with Crippen molar-refractivity contribution in [1.82, 2.24) is 19.5 Å². The van der Waals surface area contributed by atoms with Crippen molar-refractivity contribution in [3.63, 3.8) is 0 Å². The highest BCUT2D eigenvalue weighted by Gasteiger charge is 2.20. The summed E-state index contributed by atoms with van der Waals surface area (Å²) in [6, 6.07) is 10.3. The minimum absolute atomic E-state index is 0.116. The van der Waals surface area contributed by atoms with Crippen LogP contribution in [0.5, 0.6) is 5.75 Å². The average Bonchev–Trinajstić information content (AvgIpc) is 2.82. The smallest absolute Gasteiger partial charge is 0.273 e. The van der Waals surface area contributed by atoms with Crippen molar-refractivity contribution in [2.24, 2.45) is 0 Å². The lowest BCUT2D eigenvalue weighted by Gasteiger charge is -2.18. The quantitative estimate of drug-likeness (QED) is 0.348. The maximum absolute atomic E-state index is 14.2. The molecule has 0 aliphatic heterocycles. The number of nitrogens with zero attached hydrogens (tertiary/aromatic N) is 4. The van der Waals surface area contributed by atoms with Gasteiger partial charge in [-0.3, -0.25) is 19.3 Å². The van der Waals surface area contributed by atoms with E-state index in [0.29, 0.717) is 39.8 Å². The summed E-state index contributed by atoms with van der Waals surface area (Å²) in [5.74, 6) is -0.166. The predicted molar refractivity (Wildman–Crippen MR) is 139 cm³/mol. The molecule has 0 aromatic carbocycles. The van der Waals surface area contributed by atoms with Gasteiger partial charge >= 0.3 is 0 Å². The molecule has 0 bridgehead atoms. The van der Waals surface area contributed by atoms with E-state index in [0.717, 1.165) is 5.56 Å². The van der Waals surface area contributed by atoms with Crippen LogP contribution in [0.15, 0.2) is 58.1 Å². The number of hydrogen-bond donors (Lipinski definition) is 1. The summed E-state index contributed by atoms with van der Waals surface area (Å²) in [6.45, 7) is 8.63. The summed E-state index contributed by atoms with van der Waals surface area (Å²) in [5, 5.41) is 10.3. The van der Waals surface area contributed by atoms with Gasteiger partial charge in [0.25, 0.3) is 5.56 Å². The number of hydrogen-bond acceptors (Lipinski definition) is 6. The summed E-state index contributed by atoms with van der Waals surface area (Å²) in [7, 11) is 0. The van der Waals surface area contributed by atoms with E-state index in [9.17, 15) is 14.3 Å². The van der Waals surface area contributed by atoms with Crippen LogP contribution in [-0.2, 0) is 12.2 Å². The molecule has 0 spiro atoms. The SMILES string of the molecule is Cc1cnc(COc2cc(C)n(-c3cc(-c4cccc(C(C)(C)O)n4)ncc3C)c(=O)c2Br)c(F)c1.